The zero-order chi connectivity index (χ0) is 26.3. The predicted octanol–water partition coefficient (Wildman–Crippen LogP) is 7.13. The lowest BCUT2D eigenvalue weighted by Crippen LogP contribution is -2.22. The summed E-state index contributed by atoms with van der Waals surface area (Å²) in [6.07, 6.45) is 2.12. The van der Waals surface area contributed by atoms with Crippen LogP contribution in [0.5, 0.6) is 0 Å². The van der Waals surface area contributed by atoms with E-state index in [9.17, 15) is 9.90 Å². The van der Waals surface area contributed by atoms with E-state index < -0.39 is 13.9 Å². The van der Waals surface area contributed by atoms with E-state index in [1.165, 1.54) is 15.9 Å². The third-order valence-corrected chi connectivity index (χ3v) is 9.10. The second-order valence-corrected chi connectivity index (χ2v) is 11.4. The topological polar surface area (TPSA) is 37.3 Å². The number of carboxylic acids is 1. The molecule has 0 fully saturated rings. The number of carboxylic acid groups (broad SMARTS) is 1. The van der Waals surface area contributed by atoms with Gasteiger partial charge in [-0.25, -0.2) is 4.79 Å². The first-order chi connectivity index (χ1) is 18.6. The molecule has 3 heteroatoms. The molecule has 5 rings (SSSR count). The zero-order valence-electron chi connectivity index (χ0n) is 21.3. The molecular formula is C35H29O2P. The van der Waals surface area contributed by atoms with Gasteiger partial charge in [0.2, 0.25) is 0 Å². The van der Waals surface area contributed by atoms with Crippen molar-refractivity contribution in [3.63, 3.8) is 0 Å². The molecule has 1 N–H and O–H groups in total. The van der Waals surface area contributed by atoms with Gasteiger partial charge in [0.1, 0.15) is 0 Å². The molecule has 0 radical (unpaired) electrons. The number of hydrogen-bond acceptors (Lipinski definition) is 1. The van der Waals surface area contributed by atoms with Gasteiger partial charge in [-0.15, -0.1) is 0 Å². The van der Waals surface area contributed by atoms with Crippen LogP contribution in [-0.2, 0) is 11.2 Å². The molecule has 0 heterocycles. The summed E-state index contributed by atoms with van der Waals surface area (Å²) in [5.41, 5.74) is 5.67. The lowest BCUT2D eigenvalue weighted by Gasteiger charge is -2.24. The van der Waals surface area contributed by atoms with Crippen LogP contribution in [0.2, 0.25) is 0 Å². The van der Waals surface area contributed by atoms with Crippen LogP contribution in [0.1, 0.15) is 16.7 Å². The summed E-state index contributed by atoms with van der Waals surface area (Å²) < 4.78 is 0. The first kappa shape index (κ1) is 25.4. The lowest BCUT2D eigenvalue weighted by atomic mass is 9.91. The summed E-state index contributed by atoms with van der Waals surface area (Å²) in [4.78, 5) is 12.3. The second-order valence-electron chi connectivity index (χ2n) is 9.19. The van der Waals surface area contributed by atoms with Crippen molar-refractivity contribution in [1.82, 2.24) is 0 Å². The van der Waals surface area contributed by atoms with Crippen LogP contribution in [0.25, 0.3) is 17.2 Å². The van der Waals surface area contributed by atoms with Crippen LogP contribution in [0.15, 0.2) is 139 Å². The first-order valence-electron chi connectivity index (χ1n) is 12.7. The summed E-state index contributed by atoms with van der Waals surface area (Å²) in [5.74, 6) is -0.898. The summed E-state index contributed by atoms with van der Waals surface area (Å²) >= 11 is 0. The highest BCUT2D eigenvalue weighted by Crippen LogP contribution is 2.39. The van der Waals surface area contributed by atoms with E-state index in [2.05, 4.69) is 104 Å². The SMILES string of the molecule is Cc1cccc(C/C(=C\c2ccccc2)C(=O)O)c1-c1ccccc1P(c1ccccc1)c1ccccc1. The van der Waals surface area contributed by atoms with Gasteiger partial charge in [-0.2, -0.15) is 0 Å². The largest absolute Gasteiger partial charge is 0.478 e. The molecule has 186 valence electrons. The Bertz CT molecular complexity index is 1520. The standard InChI is InChI=1S/C35H29O2P/c1-26-14-13-17-28(25-29(35(36)37)24-27-15-5-2-6-16-27)34(26)32-22-11-12-23-33(32)38(30-18-7-3-8-19-30)31-20-9-4-10-21-31/h2-24H,25H2,1H3,(H,36,37)/b29-24+. The van der Waals surface area contributed by atoms with Gasteiger partial charge in [-0.3, -0.25) is 0 Å². The average Bonchev–Trinajstić information content (AvgIpc) is 2.95. The summed E-state index contributed by atoms with van der Waals surface area (Å²) in [6, 6.07) is 45.8. The molecule has 0 atom stereocenters. The van der Waals surface area contributed by atoms with Crippen molar-refractivity contribution in [3.05, 3.63) is 156 Å². The van der Waals surface area contributed by atoms with E-state index in [4.69, 9.17) is 0 Å². The fourth-order valence-electron chi connectivity index (χ4n) is 4.87. The zero-order valence-corrected chi connectivity index (χ0v) is 22.2. The molecule has 0 amide bonds. The molecule has 0 saturated carbocycles. The van der Waals surface area contributed by atoms with Crippen molar-refractivity contribution in [2.45, 2.75) is 13.3 Å². The smallest absolute Gasteiger partial charge is 0.331 e. The Kier molecular flexibility index (Phi) is 7.92. The highest BCUT2D eigenvalue weighted by molar-refractivity contribution is 7.80. The van der Waals surface area contributed by atoms with E-state index in [-0.39, 0.29) is 0 Å². The molecule has 0 aliphatic carbocycles. The number of aryl methyl sites for hydroxylation is 1. The Labute approximate surface area is 225 Å². The van der Waals surface area contributed by atoms with Gasteiger partial charge in [0.25, 0.3) is 0 Å². The van der Waals surface area contributed by atoms with Crippen molar-refractivity contribution in [2.75, 3.05) is 0 Å². The Morgan fingerprint density at radius 3 is 1.84 bits per heavy atom. The molecule has 38 heavy (non-hydrogen) atoms. The number of rotatable bonds is 8. The quantitative estimate of drug-likeness (QED) is 0.177. The third-order valence-electron chi connectivity index (χ3n) is 6.60. The van der Waals surface area contributed by atoms with Crippen LogP contribution in [0.3, 0.4) is 0 Å². The minimum absolute atomic E-state index is 0.337. The molecule has 0 aliphatic heterocycles. The summed E-state index contributed by atoms with van der Waals surface area (Å²) in [5, 5.41) is 13.9. The van der Waals surface area contributed by atoms with E-state index >= 15 is 0 Å². The number of aliphatic carboxylic acids is 1. The Hall–Kier alpha value is -4.26. The maximum Gasteiger partial charge on any atom is 0.331 e. The first-order valence-corrected chi connectivity index (χ1v) is 14.0. The molecule has 0 unspecified atom stereocenters. The fourth-order valence-corrected chi connectivity index (χ4v) is 7.32. The Morgan fingerprint density at radius 1 is 0.684 bits per heavy atom. The van der Waals surface area contributed by atoms with Gasteiger partial charge < -0.3 is 5.11 Å². The van der Waals surface area contributed by atoms with E-state index in [0.717, 1.165) is 27.8 Å². The van der Waals surface area contributed by atoms with Crippen molar-refractivity contribution >= 4 is 35.9 Å². The fraction of sp³-hybridized carbons (Fsp3) is 0.0571. The van der Waals surface area contributed by atoms with E-state index in [0.29, 0.717) is 12.0 Å². The molecule has 0 aliphatic rings. The molecule has 0 aromatic heterocycles. The van der Waals surface area contributed by atoms with Crippen LogP contribution in [0.4, 0.5) is 0 Å². The minimum atomic E-state index is -0.898. The highest BCUT2D eigenvalue weighted by Gasteiger charge is 2.22. The number of hydrogen-bond donors (Lipinski definition) is 1. The maximum atomic E-state index is 12.3. The second kappa shape index (κ2) is 11.9. The normalized spacial score (nSPS) is 11.5. The molecular weight excluding hydrogens is 483 g/mol. The molecule has 2 nitrogen and oxygen atoms in total. The van der Waals surface area contributed by atoms with E-state index in [1.807, 2.05) is 36.4 Å². The molecule has 0 spiro atoms. The van der Waals surface area contributed by atoms with Crippen molar-refractivity contribution < 1.29 is 9.90 Å². The van der Waals surface area contributed by atoms with Crippen molar-refractivity contribution in [1.29, 1.82) is 0 Å². The molecule has 5 aromatic rings. The van der Waals surface area contributed by atoms with Crippen LogP contribution in [0, 0.1) is 6.92 Å². The molecule has 0 bridgehead atoms. The average molecular weight is 513 g/mol. The van der Waals surface area contributed by atoms with Gasteiger partial charge in [-0.1, -0.05) is 133 Å². The van der Waals surface area contributed by atoms with Gasteiger partial charge in [0.05, 0.1) is 0 Å². The van der Waals surface area contributed by atoms with Crippen LogP contribution >= 0.6 is 7.92 Å². The number of carbonyl (C=O) groups is 1. The van der Waals surface area contributed by atoms with E-state index in [1.54, 1.807) is 6.08 Å². The Balaban J connectivity index is 1.67. The van der Waals surface area contributed by atoms with Crippen molar-refractivity contribution in [2.24, 2.45) is 0 Å². The van der Waals surface area contributed by atoms with Crippen LogP contribution < -0.4 is 15.9 Å². The molecule has 5 aromatic carbocycles. The minimum Gasteiger partial charge on any atom is -0.478 e. The summed E-state index contributed by atoms with van der Waals surface area (Å²) in [6.45, 7) is 2.12. The van der Waals surface area contributed by atoms with Crippen molar-refractivity contribution in [3.8, 4) is 11.1 Å². The lowest BCUT2D eigenvalue weighted by molar-refractivity contribution is -0.132. The van der Waals surface area contributed by atoms with Gasteiger partial charge >= 0.3 is 5.97 Å². The molecule has 0 saturated heterocycles. The third kappa shape index (κ3) is 5.67. The highest BCUT2D eigenvalue weighted by atomic mass is 31.1. The summed E-state index contributed by atoms with van der Waals surface area (Å²) in [7, 11) is -0.819. The van der Waals surface area contributed by atoms with Gasteiger partial charge in [-0.05, 0) is 64.7 Å². The van der Waals surface area contributed by atoms with Gasteiger partial charge in [0, 0.05) is 12.0 Å². The monoisotopic (exact) mass is 512 g/mol. The van der Waals surface area contributed by atoms with Gasteiger partial charge in [0.15, 0.2) is 0 Å². The maximum absolute atomic E-state index is 12.3. The van der Waals surface area contributed by atoms with Crippen LogP contribution in [-0.4, -0.2) is 11.1 Å². The number of benzene rings is 5. The predicted molar refractivity (Wildman–Crippen MR) is 161 cm³/mol. The Morgan fingerprint density at radius 2 is 1.24 bits per heavy atom.